The van der Waals surface area contributed by atoms with Gasteiger partial charge in [0.1, 0.15) is 0 Å². The second-order valence-corrected chi connectivity index (χ2v) is 6.59. The Morgan fingerprint density at radius 2 is 1.85 bits per heavy atom. The lowest BCUT2D eigenvalue weighted by Gasteiger charge is -2.36. The van der Waals surface area contributed by atoms with Gasteiger partial charge in [0.2, 0.25) is 0 Å². The number of anilines is 2. The number of likely N-dealkylation sites (N-methyl/N-ethyl adjacent to an activating group) is 1. The summed E-state index contributed by atoms with van der Waals surface area (Å²) in [6.45, 7) is 6.55. The van der Waals surface area contributed by atoms with Crippen LogP contribution in [0.15, 0.2) is 30.5 Å². The van der Waals surface area contributed by atoms with Crippen LogP contribution in [0.1, 0.15) is 36.3 Å². The Morgan fingerprint density at radius 1 is 1.15 bits per heavy atom. The molecule has 3 heterocycles. The van der Waals surface area contributed by atoms with Gasteiger partial charge < -0.3 is 15.1 Å². The zero-order chi connectivity index (χ0) is 17.2. The van der Waals surface area contributed by atoms with Gasteiger partial charge in [-0.25, -0.2) is 4.68 Å². The first-order chi connectivity index (χ1) is 12.3. The van der Waals surface area contributed by atoms with Gasteiger partial charge in [0.15, 0.2) is 5.69 Å². The average molecular weight is 413 g/mol. The molecule has 2 aromatic rings. The fourth-order valence-electron chi connectivity index (χ4n) is 3.72. The van der Waals surface area contributed by atoms with Crippen molar-refractivity contribution < 1.29 is 4.79 Å². The number of piperidine rings is 1. The topological polar surface area (TPSA) is 66.3 Å². The summed E-state index contributed by atoms with van der Waals surface area (Å²) in [6, 6.07) is 8.41. The van der Waals surface area contributed by atoms with Crippen molar-refractivity contribution in [1.29, 1.82) is 0 Å². The molecule has 2 aliphatic heterocycles. The molecule has 148 valence electrons. The summed E-state index contributed by atoms with van der Waals surface area (Å²) in [5.74, 6) is -0.0663. The van der Waals surface area contributed by atoms with Gasteiger partial charge in [-0.15, -0.1) is 29.9 Å². The second-order valence-electron chi connectivity index (χ2n) is 6.59. The molecule has 0 radical (unpaired) electrons. The van der Waals surface area contributed by atoms with Crippen molar-refractivity contribution in [2.24, 2.45) is 0 Å². The van der Waals surface area contributed by atoms with E-state index < -0.39 is 0 Å². The molecule has 1 aromatic carbocycles. The Morgan fingerprint density at radius 3 is 2.56 bits per heavy atom. The molecule has 1 amide bonds. The van der Waals surface area contributed by atoms with E-state index in [1.54, 1.807) is 0 Å². The average Bonchev–Trinajstić information content (AvgIpc) is 3.17. The van der Waals surface area contributed by atoms with Crippen molar-refractivity contribution >= 4 is 42.1 Å². The minimum absolute atomic E-state index is 0. The third-order valence-electron chi connectivity index (χ3n) is 5.15. The van der Waals surface area contributed by atoms with Gasteiger partial charge in [-0.3, -0.25) is 4.79 Å². The van der Waals surface area contributed by atoms with Crippen LogP contribution in [-0.2, 0) is 0 Å². The smallest absolute Gasteiger partial charge is 0.280 e. The van der Waals surface area contributed by atoms with Crippen molar-refractivity contribution in [1.82, 2.24) is 20.3 Å². The number of carbonyl (C=O) groups is 1. The van der Waals surface area contributed by atoms with Gasteiger partial charge in [-0.2, -0.15) is 0 Å². The SMILES string of the molecule is CCN1CCN(C(=O)c2cn(C3CCNCC3)nn2)c2ccccc21.Cl.Cl. The monoisotopic (exact) mass is 412 g/mol. The summed E-state index contributed by atoms with van der Waals surface area (Å²) in [7, 11) is 0. The Hall–Kier alpha value is -1.83. The lowest BCUT2D eigenvalue weighted by molar-refractivity contribution is 0.0981. The molecule has 4 rings (SSSR count). The van der Waals surface area contributed by atoms with Crippen LogP contribution >= 0.6 is 24.8 Å². The molecule has 0 spiro atoms. The number of aromatic nitrogens is 3. The van der Waals surface area contributed by atoms with Crippen LogP contribution in [0.5, 0.6) is 0 Å². The second kappa shape index (κ2) is 9.39. The summed E-state index contributed by atoms with van der Waals surface area (Å²) in [6.07, 6.45) is 3.86. The number of nitrogens with one attached hydrogen (secondary N) is 1. The molecule has 27 heavy (non-hydrogen) atoms. The van der Waals surface area contributed by atoms with Crippen molar-refractivity contribution in [3.63, 3.8) is 0 Å². The molecule has 1 aromatic heterocycles. The van der Waals surface area contributed by atoms with Crippen molar-refractivity contribution in [3.05, 3.63) is 36.2 Å². The Bertz CT molecular complexity index is 762. The highest BCUT2D eigenvalue weighted by molar-refractivity contribution is 6.07. The fourth-order valence-corrected chi connectivity index (χ4v) is 3.72. The summed E-state index contributed by atoms with van der Waals surface area (Å²) in [5.41, 5.74) is 2.49. The van der Waals surface area contributed by atoms with Crippen LogP contribution in [0, 0.1) is 0 Å². The fraction of sp³-hybridized carbons (Fsp3) is 0.500. The van der Waals surface area contributed by atoms with Gasteiger partial charge >= 0.3 is 0 Å². The number of rotatable bonds is 3. The summed E-state index contributed by atoms with van der Waals surface area (Å²) >= 11 is 0. The van der Waals surface area contributed by atoms with Crippen molar-refractivity contribution in [2.45, 2.75) is 25.8 Å². The zero-order valence-electron chi connectivity index (χ0n) is 15.4. The molecule has 7 nitrogen and oxygen atoms in total. The highest BCUT2D eigenvalue weighted by atomic mass is 35.5. The van der Waals surface area contributed by atoms with E-state index in [0.717, 1.165) is 50.4 Å². The van der Waals surface area contributed by atoms with E-state index in [9.17, 15) is 4.79 Å². The van der Waals surface area contributed by atoms with Crippen LogP contribution in [0.2, 0.25) is 0 Å². The molecule has 9 heteroatoms. The third kappa shape index (κ3) is 4.20. The number of nitrogens with zero attached hydrogens (tertiary/aromatic N) is 5. The number of para-hydroxylation sites is 2. The number of amides is 1. The molecule has 1 fully saturated rings. The van der Waals surface area contributed by atoms with E-state index >= 15 is 0 Å². The normalized spacial score (nSPS) is 16.9. The number of hydrogen-bond donors (Lipinski definition) is 1. The molecule has 0 aliphatic carbocycles. The van der Waals surface area contributed by atoms with Crippen LogP contribution in [0.25, 0.3) is 0 Å². The van der Waals surface area contributed by atoms with Gasteiger partial charge in [0.25, 0.3) is 5.91 Å². The van der Waals surface area contributed by atoms with Crippen LogP contribution < -0.4 is 15.1 Å². The molecular formula is C18H26Cl2N6O. The molecule has 0 saturated carbocycles. The zero-order valence-corrected chi connectivity index (χ0v) is 17.0. The molecule has 0 atom stereocenters. The number of halogens is 2. The van der Waals surface area contributed by atoms with E-state index in [1.807, 2.05) is 34.0 Å². The first-order valence-corrected chi connectivity index (χ1v) is 9.06. The van der Waals surface area contributed by atoms with Crippen molar-refractivity contribution in [3.8, 4) is 0 Å². The number of carbonyl (C=O) groups excluding carboxylic acids is 1. The Labute approximate surface area is 171 Å². The number of fused-ring (bicyclic) bond motifs is 1. The minimum atomic E-state index is -0.0663. The summed E-state index contributed by atoms with van der Waals surface area (Å²) in [4.78, 5) is 17.2. The Kier molecular flexibility index (Phi) is 7.47. The molecule has 1 saturated heterocycles. The molecule has 0 unspecified atom stereocenters. The third-order valence-corrected chi connectivity index (χ3v) is 5.15. The van der Waals surface area contributed by atoms with Gasteiger partial charge in [-0.05, 0) is 45.0 Å². The number of benzene rings is 1. The van der Waals surface area contributed by atoms with Gasteiger partial charge in [0.05, 0.1) is 23.6 Å². The Balaban J connectivity index is 0.00000131. The van der Waals surface area contributed by atoms with Crippen LogP contribution in [0.3, 0.4) is 0 Å². The van der Waals surface area contributed by atoms with E-state index in [-0.39, 0.29) is 30.7 Å². The maximum Gasteiger partial charge on any atom is 0.280 e. The predicted molar refractivity (Wildman–Crippen MR) is 112 cm³/mol. The van der Waals surface area contributed by atoms with E-state index in [1.165, 1.54) is 0 Å². The van der Waals surface area contributed by atoms with Crippen molar-refractivity contribution in [2.75, 3.05) is 42.5 Å². The predicted octanol–water partition coefficient (Wildman–Crippen LogP) is 2.53. The van der Waals surface area contributed by atoms with E-state index in [0.29, 0.717) is 18.3 Å². The summed E-state index contributed by atoms with van der Waals surface area (Å²) < 4.78 is 1.86. The maximum absolute atomic E-state index is 13.0. The molecule has 0 bridgehead atoms. The van der Waals surface area contributed by atoms with Crippen LogP contribution in [-0.4, -0.2) is 53.6 Å². The standard InChI is InChI=1S/C18H24N6O.2ClH/c1-2-22-11-12-23(17-6-4-3-5-16(17)22)18(25)15-13-24(21-20-15)14-7-9-19-10-8-14;;/h3-6,13-14,19H,2,7-12H2,1H3;2*1H. The van der Waals surface area contributed by atoms with E-state index in [2.05, 4.69) is 33.5 Å². The van der Waals surface area contributed by atoms with Gasteiger partial charge in [0, 0.05) is 19.6 Å². The highest BCUT2D eigenvalue weighted by Crippen LogP contribution is 2.33. The quantitative estimate of drug-likeness (QED) is 0.838. The van der Waals surface area contributed by atoms with E-state index in [4.69, 9.17) is 0 Å². The van der Waals surface area contributed by atoms with Crippen LogP contribution in [0.4, 0.5) is 11.4 Å². The highest BCUT2D eigenvalue weighted by Gasteiger charge is 2.28. The lowest BCUT2D eigenvalue weighted by atomic mass is 10.1. The molecule has 1 N–H and O–H groups in total. The number of hydrogen-bond acceptors (Lipinski definition) is 5. The largest absolute Gasteiger partial charge is 0.368 e. The first kappa shape index (κ1) is 21.5. The lowest BCUT2D eigenvalue weighted by Crippen LogP contribution is -2.44. The summed E-state index contributed by atoms with van der Waals surface area (Å²) in [5, 5.41) is 11.7. The molecular weight excluding hydrogens is 387 g/mol. The van der Waals surface area contributed by atoms with Gasteiger partial charge in [-0.1, -0.05) is 17.3 Å². The first-order valence-electron chi connectivity index (χ1n) is 9.06. The maximum atomic E-state index is 13.0. The minimum Gasteiger partial charge on any atom is -0.368 e. The molecule has 2 aliphatic rings.